The van der Waals surface area contributed by atoms with Crippen molar-refractivity contribution in [3.63, 3.8) is 0 Å². The SMILES string of the molecule is O[C@H](C[C@@H]1c2c(F)cccc2-c2cncn21)C12CC3CC(C1)C(Nc1nc4ccccc4o1)C(C3)C2. The standard InChI is InChI=1S/C29H29FN4O2/c30-20-5-3-4-19-23-14-31-15-34(23)22(26(19)20)10-25(35)29-11-16-8-17(12-29)27(18(9-16)13-29)33-28-32-21-6-1-2-7-24(21)36-28/h1-7,14-18,22,25,27,35H,8-13H2,(H,32,33)/t16?,17?,18?,22-,25-,27?,29?/m1/s1. The number of aliphatic hydroxyl groups is 1. The number of rotatable bonds is 5. The molecule has 4 aromatic rings. The fourth-order valence-corrected chi connectivity index (χ4v) is 8.50. The highest BCUT2D eigenvalue weighted by Crippen LogP contribution is 2.63. The predicted molar refractivity (Wildman–Crippen MR) is 134 cm³/mol. The van der Waals surface area contributed by atoms with Gasteiger partial charge in [0.2, 0.25) is 0 Å². The minimum absolute atomic E-state index is 0.106. The summed E-state index contributed by atoms with van der Waals surface area (Å²) < 4.78 is 23.0. The molecule has 0 radical (unpaired) electrons. The Hall–Kier alpha value is -3.19. The van der Waals surface area contributed by atoms with Gasteiger partial charge in [-0.15, -0.1) is 0 Å². The largest absolute Gasteiger partial charge is 0.424 e. The topological polar surface area (TPSA) is 76.1 Å². The van der Waals surface area contributed by atoms with Crippen LogP contribution in [0.1, 0.15) is 50.1 Å². The first kappa shape index (κ1) is 20.9. The summed E-state index contributed by atoms with van der Waals surface area (Å²) >= 11 is 0. The number of imidazole rings is 1. The fraction of sp³-hybridized carbons (Fsp3) is 0.448. The Labute approximate surface area is 208 Å². The van der Waals surface area contributed by atoms with Gasteiger partial charge in [0.05, 0.1) is 30.4 Å². The van der Waals surface area contributed by atoms with Gasteiger partial charge in [0, 0.05) is 17.2 Å². The van der Waals surface area contributed by atoms with Gasteiger partial charge in [-0.25, -0.2) is 9.37 Å². The van der Waals surface area contributed by atoms with E-state index in [-0.39, 0.29) is 17.3 Å². The lowest BCUT2D eigenvalue weighted by Gasteiger charge is -2.61. The van der Waals surface area contributed by atoms with Crippen LogP contribution in [0.25, 0.3) is 22.4 Å². The summed E-state index contributed by atoms with van der Waals surface area (Å²) in [5.41, 5.74) is 4.11. The van der Waals surface area contributed by atoms with Crippen molar-refractivity contribution in [3.05, 3.63) is 66.4 Å². The van der Waals surface area contributed by atoms with Gasteiger partial charge in [-0.05, 0) is 79.9 Å². The highest BCUT2D eigenvalue weighted by Gasteiger charge is 2.58. The average Bonchev–Trinajstić information content (AvgIpc) is 3.57. The van der Waals surface area contributed by atoms with Gasteiger partial charge in [-0.1, -0.05) is 24.3 Å². The normalized spacial score (nSPS) is 32.6. The molecule has 184 valence electrons. The number of benzene rings is 2. The summed E-state index contributed by atoms with van der Waals surface area (Å²) in [7, 11) is 0. The highest BCUT2D eigenvalue weighted by atomic mass is 19.1. The number of aliphatic hydroxyl groups excluding tert-OH is 1. The molecule has 2 N–H and O–H groups in total. The van der Waals surface area contributed by atoms with Gasteiger partial charge in [0.15, 0.2) is 5.58 Å². The predicted octanol–water partition coefficient (Wildman–Crippen LogP) is 5.79. The summed E-state index contributed by atoms with van der Waals surface area (Å²) in [5.74, 6) is 1.42. The third-order valence-corrected chi connectivity index (χ3v) is 9.72. The Morgan fingerprint density at radius 1 is 1.11 bits per heavy atom. The molecular formula is C29H29FN4O2. The number of nitrogens with one attached hydrogen (secondary N) is 1. The van der Waals surface area contributed by atoms with Crippen LogP contribution >= 0.6 is 0 Å². The molecular weight excluding hydrogens is 455 g/mol. The fourth-order valence-electron chi connectivity index (χ4n) is 8.50. The maximum absolute atomic E-state index is 15.0. The van der Waals surface area contributed by atoms with Crippen LogP contribution < -0.4 is 5.32 Å². The van der Waals surface area contributed by atoms with E-state index in [2.05, 4.69) is 19.9 Å². The number of para-hydroxylation sites is 2. The molecule has 4 bridgehead atoms. The first-order valence-electron chi connectivity index (χ1n) is 13.2. The Morgan fingerprint density at radius 2 is 1.94 bits per heavy atom. The highest BCUT2D eigenvalue weighted by molar-refractivity contribution is 5.74. The number of nitrogens with zero attached hydrogens (tertiary/aromatic N) is 3. The maximum atomic E-state index is 15.0. The third-order valence-electron chi connectivity index (χ3n) is 9.72. The number of halogens is 1. The zero-order valence-corrected chi connectivity index (χ0v) is 20.0. The van der Waals surface area contributed by atoms with E-state index in [1.807, 2.05) is 30.3 Å². The minimum atomic E-state index is -0.485. The lowest BCUT2D eigenvalue weighted by molar-refractivity contribution is -0.129. The smallest absolute Gasteiger partial charge is 0.295 e. The molecule has 4 fully saturated rings. The first-order valence-corrected chi connectivity index (χ1v) is 13.2. The summed E-state index contributed by atoms with van der Waals surface area (Å²) in [5, 5.41) is 15.5. The van der Waals surface area contributed by atoms with E-state index in [4.69, 9.17) is 4.42 Å². The van der Waals surface area contributed by atoms with Crippen LogP contribution in [0, 0.1) is 29.0 Å². The van der Waals surface area contributed by atoms with Crippen LogP contribution in [0.15, 0.2) is 59.4 Å². The number of hydrogen-bond donors (Lipinski definition) is 2. The van der Waals surface area contributed by atoms with E-state index in [1.165, 1.54) is 18.9 Å². The van der Waals surface area contributed by atoms with Crippen molar-refractivity contribution >= 4 is 17.1 Å². The molecule has 6 nitrogen and oxygen atoms in total. The van der Waals surface area contributed by atoms with Crippen molar-refractivity contribution < 1.29 is 13.9 Å². The average molecular weight is 485 g/mol. The first-order chi connectivity index (χ1) is 17.6. The van der Waals surface area contributed by atoms with Gasteiger partial charge < -0.3 is 19.4 Å². The minimum Gasteiger partial charge on any atom is -0.424 e. The van der Waals surface area contributed by atoms with Gasteiger partial charge in [-0.2, -0.15) is 4.98 Å². The van der Waals surface area contributed by atoms with Crippen molar-refractivity contribution in [2.24, 2.45) is 23.2 Å². The van der Waals surface area contributed by atoms with Crippen molar-refractivity contribution in [2.75, 3.05) is 5.32 Å². The van der Waals surface area contributed by atoms with Gasteiger partial charge >= 0.3 is 0 Å². The van der Waals surface area contributed by atoms with E-state index in [9.17, 15) is 9.50 Å². The molecule has 9 rings (SSSR count). The molecule has 0 saturated heterocycles. The quantitative estimate of drug-likeness (QED) is 0.375. The summed E-state index contributed by atoms with van der Waals surface area (Å²) in [6, 6.07) is 13.8. The van der Waals surface area contributed by atoms with Gasteiger partial charge in [0.1, 0.15) is 11.3 Å². The van der Waals surface area contributed by atoms with E-state index in [0.29, 0.717) is 41.8 Å². The lowest BCUT2D eigenvalue weighted by Crippen LogP contribution is -2.59. The van der Waals surface area contributed by atoms with Crippen LogP contribution in [0.4, 0.5) is 10.4 Å². The maximum Gasteiger partial charge on any atom is 0.295 e. The van der Waals surface area contributed by atoms with Crippen LogP contribution in [-0.4, -0.2) is 31.8 Å². The molecule has 2 aromatic heterocycles. The second kappa shape index (κ2) is 7.42. The van der Waals surface area contributed by atoms with Gasteiger partial charge in [0.25, 0.3) is 6.01 Å². The van der Waals surface area contributed by atoms with Crippen molar-refractivity contribution in [1.82, 2.24) is 14.5 Å². The number of aromatic nitrogens is 3. The number of fused-ring (bicyclic) bond motifs is 4. The molecule has 3 heterocycles. The molecule has 5 aliphatic rings. The molecule has 4 atom stereocenters. The second-order valence-electron chi connectivity index (χ2n) is 11.6. The lowest BCUT2D eigenvalue weighted by atomic mass is 9.46. The van der Waals surface area contributed by atoms with E-state index in [1.54, 1.807) is 18.6 Å². The second-order valence-corrected chi connectivity index (χ2v) is 11.6. The third kappa shape index (κ3) is 2.92. The van der Waals surface area contributed by atoms with Crippen molar-refractivity contribution in [3.8, 4) is 11.3 Å². The molecule has 0 spiro atoms. The van der Waals surface area contributed by atoms with E-state index >= 15 is 0 Å². The molecule has 2 unspecified atom stereocenters. The molecule has 0 amide bonds. The monoisotopic (exact) mass is 484 g/mol. The van der Waals surface area contributed by atoms with Crippen LogP contribution in [0.3, 0.4) is 0 Å². The summed E-state index contributed by atoms with van der Waals surface area (Å²) in [4.78, 5) is 8.98. The molecule has 36 heavy (non-hydrogen) atoms. The molecule has 7 heteroatoms. The summed E-state index contributed by atoms with van der Waals surface area (Å²) in [6.45, 7) is 0. The number of anilines is 1. The Kier molecular flexibility index (Phi) is 4.32. The number of hydrogen-bond acceptors (Lipinski definition) is 5. The molecule has 2 aromatic carbocycles. The van der Waals surface area contributed by atoms with Crippen LogP contribution in [-0.2, 0) is 0 Å². The van der Waals surface area contributed by atoms with Gasteiger partial charge in [-0.3, -0.25) is 0 Å². The van der Waals surface area contributed by atoms with E-state index < -0.39 is 6.10 Å². The summed E-state index contributed by atoms with van der Waals surface area (Å²) in [6.07, 6.45) is 9.06. The Morgan fingerprint density at radius 3 is 2.78 bits per heavy atom. The number of oxazole rings is 1. The van der Waals surface area contributed by atoms with Crippen molar-refractivity contribution in [1.29, 1.82) is 0 Å². The molecule has 4 saturated carbocycles. The van der Waals surface area contributed by atoms with Crippen LogP contribution in [0.2, 0.25) is 0 Å². The van der Waals surface area contributed by atoms with Crippen LogP contribution in [0.5, 0.6) is 0 Å². The Bertz CT molecular complexity index is 1430. The van der Waals surface area contributed by atoms with Crippen molar-refractivity contribution in [2.45, 2.75) is 56.7 Å². The zero-order valence-electron chi connectivity index (χ0n) is 20.0. The molecule has 1 aliphatic heterocycles. The van der Waals surface area contributed by atoms with E-state index in [0.717, 1.165) is 41.6 Å². The molecule has 4 aliphatic carbocycles. The Balaban J connectivity index is 1.06. The zero-order chi connectivity index (χ0) is 24.0.